The molecular formula is C22H31FN6O2. The Labute approximate surface area is 182 Å². The van der Waals surface area contributed by atoms with Crippen molar-refractivity contribution in [2.45, 2.75) is 25.8 Å². The summed E-state index contributed by atoms with van der Waals surface area (Å²) in [5.41, 5.74) is 14.8. The van der Waals surface area contributed by atoms with Crippen molar-refractivity contribution in [2.75, 3.05) is 33.4 Å². The van der Waals surface area contributed by atoms with Gasteiger partial charge >= 0.3 is 0 Å². The Morgan fingerprint density at radius 2 is 2.19 bits per heavy atom. The molecule has 0 aliphatic carbocycles. The van der Waals surface area contributed by atoms with Crippen molar-refractivity contribution in [1.82, 2.24) is 10.2 Å². The third kappa shape index (κ3) is 6.73. The second-order valence-corrected chi connectivity index (χ2v) is 7.32. The number of allylic oxidation sites excluding steroid dienone is 1. The standard InChI is InChI=1S/C20H27FN6O.C2H4O/c1-27-6-4-18(25-15-5-7-28-12-15)16(11-27)20(24)26-19-3-2-13(8-17(19)21)14(9-22)10-23;1-2-3/h2-3,8-10,15,22,25H,4-7,11-12,23H2,1H3,(H2,24,26);2H,1H3/b14-10+,22-9?;. The minimum Gasteiger partial charge on any atom is -0.404 e. The number of aldehydes is 1. The number of hydrogen-bond donors (Lipinski definition) is 4. The molecule has 0 spiro atoms. The van der Waals surface area contributed by atoms with Gasteiger partial charge in [-0.2, -0.15) is 0 Å². The molecule has 1 unspecified atom stereocenters. The molecule has 3 rings (SSSR count). The van der Waals surface area contributed by atoms with Crippen LogP contribution < -0.4 is 16.8 Å². The van der Waals surface area contributed by atoms with E-state index in [1.807, 2.05) is 7.05 Å². The van der Waals surface area contributed by atoms with Crippen molar-refractivity contribution >= 4 is 29.6 Å². The van der Waals surface area contributed by atoms with Crippen LogP contribution in [0.4, 0.5) is 10.1 Å². The van der Waals surface area contributed by atoms with E-state index in [1.54, 1.807) is 12.1 Å². The maximum absolute atomic E-state index is 14.5. The molecule has 1 aromatic rings. The average Bonchev–Trinajstić information content (AvgIpc) is 3.26. The first-order chi connectivity index (χ1) is 14.9. The molecule has 1 atom stereocenters. The molecule has 8 nitrogen and oxygen atoms in total. The van der Waals surface area contributed by atoms with Crippen molar-refractivity contribution in [2.24, 2.45) is 16.5 Å². The van der Waals surface area contributed by atoms with E-state index in [-0.39, 0.29) is 11.7 Å². The highest BCUT2D eigenvalue weighted by Gasteiger charge is 2.23. The average molecular weight is 431 g/mol. The van der Waals surface area contributed by atoms with E-state index in [1.165, 1.54) is 19.2 Å². The van der Waals surface area contributed by atoms with Crippen molar-refractivity contribution < 1.29 is 13.9 Å². The topological polar surface area (TPSA) is 130 Å². The number of benzene rings is 1. The summed E-state index contributed by atoms with van der Waals surface area (Å²) in [5.74, 6) is -0.202. The molecule has 9 heteroatoms. The summed E-state index contributed by atoms with van der Waals surface area (Å²) in [5, 5.41) is 10.9. The molecular weight excluding hydrogens is 399 g/mol. The Hall–Kier alpha value is -3.04. The molecule has 0 bridgehead atoms. The fourth-order valence-corrected chi connectivity index (χ4v) is 3.39. The molecule has 1 saturated heterocycles. The third-order valence-corrected chi connectivity index (χ3v) is 5.01. The van der Waals surface area contributed by atoms with E-state index >= 15 is 0 Å². The molecule has 31 heavy (non-hydrogen) atoms. The van der Waals surface area contributed by atoms with Crippen LogP contribution in [0, 0.1) is 11.2 Å². The molecule has 0 aromatic heterocycles. The highest BCUT2D eigenvalue weighted by Crippen LogP contribution is 2.24. The van der Waals surface area contributed by atoms with Crippen molar-refractivity contribution in [3.63, 3.8) is 0 Å². The van der Waals surface area contributed by atoms with Crippen LogP contribution in [0.3, 0.4) is 0 Å². The van der Waals surface area contributed by atoms with Crippen LogP contribution in [0.5, 0.6) is 0 Å². The summed E-state index contributed by atoms with van der Waals surface area (Å²) < 4.78 is 20.0. The molecule has 2 aliphatic heterocycles. The van der Waals surface area contributed by atoms with Crippen LogP contribution in [0.25, 0.3) is 5.57 Å². The Morgan fingerprint density at radius 3 is 2.77 bits per heavy atom. The lowest BCUT2D eigenvalue weighted by atomic mass is 10.0. The second kappa shape index (κ2) is 12.0. The van der Waals surface area contributed by atoms with Crippen molar-refractivity contribution in [1.29, 1.82) is 5.41 Å². The number of halogens is 1. The van der Waals surface area contributed by atoms with Gasteiger partial charge in [-0.25, -0.2) is 9.38 Å². The van der Waals surface area contributed by atoms with Crippen LogP contribution in [-0.2, 0) is 9.53 Å². The van der Waals surface area contributed by atoms with Crippen LogP contribution in [0.1, 0.15) is 25.3 Å². The van der Waals surface area contributed by atoms with Gasteiger partial charge in [-0.15, -0.1) is 0 Å². The Kier molecular flexibility index (Phi) is 9.36. The Balaban J connectivity index is 0.00000107. The van der Waals surface area contributed by atoms with E-state index < -0.39 is 5.82 Å². The van der Waals surface area contributed by atoms with Crippen molar-refractivity contribution in [3.8, 4) is 0 Å². The smallest absolute Gasteiger partial charge is 0.149 e. The predicted octanol–water partition coefficient (Wildman–Crippen LogP) is 1.94. The number of ether oxygens (including phenoxy) is 1. The van der Waals surface area contributed by atoms with Gasteiger partial charge < -0.3 is 36.6 Å². The summed E-state index contributed by atoms with van der Waals surface area (Å²) >= 11 is 0. The van der Waals surface area contributed by atoms with Gasteiger partial charge in [-0.1, -0.05) is 6.07 Å². The van der Waals surface area contributed by atoms with Crippen LogP contribution in [-0.4, -0.2) is 62.6 Å². The van der Waals surface area contributed by atoms with E-state index in [9.17, 15) is 4.39 Å². The lowest BCUT2D eigenvalue weighted by Gasteiger charge is -2.29. The first-order valence-corrected chi connectivity index (χ1v) is 10.1. The minimum absolute atomic E-state index is 0.159. The quantitative estimate of drug-likeness (QED) is 0.310. The summed E-state index contributed by atoms with van der Waals surface area (Å²) in [6.45, 7) is 4.46. The fraction of sp³-hybridized carbons (Fsp3) is 0.409. The zero-order chi connectivity index (χ0) is 22.8. The Bertz CT molecular complexity index is 875. The molecule has 1 fully saturated rings. The number of likely N-dealkylation sites (N-methyl/N-ethyl adjacent to an activating group) is 1. The normalized spacial score (nSPS) is 20.2. The molecule has 1 aromatic carbocycles. The van der Waals surface area contributed by atoms with Crippen LogP contribution >= 0.6 is 0 Å². The molecule has 2 aliphatic rings. The monoisotopic (exact) mass is 430 g/mol. The second-order valence-electron chi connectivity index (χ2n) is 7.32. The maximum Gasteiger partial charge on any atom is 0.149 e. The third-order valence-electron chi connectivity index (χ3n) is 5.01. The first-order valence-electron chi connectivity index (χ1n) is 10.1. The lowest BCUT2D eigenvalue weighted by molar-refractivity contribution is -0.106. The van der Waals surface area contributed by atoms with Gasteiger partial charge in [-0.3, -0.25) is 0 Å². The van der Waals surface area contributed by atoms with E-state index in [4.69, 9.17) is 26.4 Å². The molecule has 0 radical (unpaired) electrons. The molecule has 168 valence electrons. The summed E-state index contributed by atoms with van der Waals surface area (Å²) in [7, 11) is 2.02. The summed E-state index contributed by atoms with van der Waals surface area (Å²) in [6, 6.07) is 4.82. The molecule has 0 saturated carbocycles. The fourth-order valence-electron chi connectivity index (χ4n) is 3.39. The number of carbonyl (C=O) groups is 1. The van der Waals surface area contributed by atoms with E-state index in [0.29, 0.717) is 30.1 Å². The number of amidine groups is 1. The van der Waals surface area contributed by atoms with Gasteiger partial charge in [0.15, 0.2) is 0 Å². The van der Waals surface area contributed by atoms with E-state index in [0.717, 1.165) is 49.8 Å². The number of rotatable bonds is 6. The predicted molar refractivity (Wildman–Crippen MR) is 122 cm³/mol. The van der Waals surface area contributed by atoms with Gasteiger partial charge in [0.25, 0.3) is 0 Å². The number of nitrogens with two attached hydrogens (primary N) is 2. The van der Waals surface area contributed by atoms with Gasteiger partial charge in [0.2, 0.25) is 0 Å². The van der Waals surface area contributed by atoms with Crippen LogP contribution in [0.15, 0.2) is 40.7 Å². The lowest BCUT2D eigenvalue weighted by Crippen LogP contribution is -2.40. The minimum atomic E-state index is -0.509. The largest absolute Gasteiger partial charge is 0.404 e. The zero-order valence-electron chi connectivity index (χ0n) is 18.0. The van der Waals surface area contributed by atoms with Crippen molar-refractivity contribution in [3.05, 3.63) is 47.0 Å². The van der Waals surface area contributed by atoms with E-state index in [2.05, 4.69) is 15.2 Å². The maximum atomic E-state index is 14.5. The highest BCUT2D eigenvalue weighted by atomic mass is 19.1. The molecule has 6 N–H and O–H groups in total. The number of nitrogens with zero attached hydrogens (tertiary/aromatic N) is 2. The van der Waals surface area contributed by atoms with Gasteiger partial charge in [-0.05, 0) is 38.1 Å². The number of carbonyl (C=O) groups excluding carboxylic acids is 1. The van der Waals surface area contributed by atoms with Gasteiger partial charge in [0.05, 0.1) is 12.6 Å². The molecule has 0 amide bonds. The SMILES string of the molecule is CC=O.CN1CCC(NC2CCOC2)=C(C(N)=Nc2ccc(/C(C=N)=C/N)cc2F)C1. The first kappa shape index (κ1) is 24.2. The Morgan fingerprint density at radius 1 is 1.45 bits per heavy atom. The highest BCUT2D eigenvalue weighted by molar-refractivity contribution is 6.08. The number of hydrogen-bond acceptors (Lipinski definition) is 7. The number of nitrogens with one attached hydrogen (secondary N) is 2. The zero-order valence-corrected chi connectivity index (χ0v) is 18.0. The molecule has 2 heterocycles. The van der Waals surface area contributed by atoms with Gasteiger partial charge in [0.1, 0.15) is 23.6 Å². The summed E-state index contributed by atoms with van der Waals surface area (Å²) in [6.07, 6.45) is 4.90. The van der Waals surface area contributed by atoms with Gasteiger partial charge in [0, 0.05) is 55.4 Å². The van der Waals surface area contributed by atoms with Crippen LogP contribution in [0.2, 0.25) is 0 Å². The number of aliphatic imine (C=N–C) groups is 1. The summed E-state index contributed by atoms with van der Waals surface area (Å²) in [4.78, 5) is 15.3.